The zero-order valence-electron chi connectivity index (χ0n) is 7.86. The van der Waals surface area contributed by atoms with Gasteiger partial charge in [-0.15, -0.1) is 0 Å². The zero-order chi connectivity index (χ0) is 9.80. The maximum Gasteiger partial charge on any atom is 0.120 e. The molecule has 0 aliphatic carbocycles. The molecular weight excluding hydrogens is 172 g/mol. The largest absolute Gasteiger partial charge is 0.490 e. The van der Waals surface area contributed by atoms with E-state index in [-0.39, 0.29) is 0 Å². The van der Waals surface area contributed by atoms with E-state index in [1.807, 2.05) is 36.4 Å². The molecule has 0 fully saturated rings. The Kier molecular flexibility index (Phi) is 2.50. The van der Waals surface area contributed by atoms with Crippen molar-refractivity contribution in [1.29, 1.82) is 0 Å². The molecule has 0 heterocycles. The standard InChI is InChI=1S/C13H11O/c1-2-9-14-13-8-7-11-5-3-4-6-12(11)10-13/h2,4-8,10H,1,9H2. The number of ether oxygens (including phenoxy) is 1. The second-order valence-corrected chi connectivity index (χ2v) is 3.03. The van der Waals surface area contributed by atoms with Crippen LogP contribution in [-0.4, -0.2) is 6.61 Å². The molecule has 14 heavy (non-hydrogen) atoms. The van der Waals surface area contributed by atoms with E-state index in [4.69, 9.17) is 4.74 Å². The summed E-state index contributed by atoms with van der Waals surface area (Å²) in [5.41, 5.74) is 0. The van der Waals surface area contributed by atoms with Gasteiger partial charge in [0.1, 0.15) is 12.4 Å². The highest BCUT2D eigenvalue weighted by Gasteiger charge is 1.95. The van der Waals surface area contributed by atoms with Crippen LogP contribution in [0, 0.1) is 6.07 Å². The molecule has 0 bridgehead atoms. The summed E-state index contributed by atoms with van der Waals surface area (Å²) in [6, 6.07) is 14.9. The lowest BCUT2D eigenvalue weighted by Crippen LogP contribution is -1.91. The normalized spacial score (nSPS) is 10.0. The average molecular weight is 183 g/mol. The topological polar surface area (TPSA) is 9.23 Å². The molecule has 0 atom stereocenters. The summed E-state index contributed by atoms with van der Waals surface area (Å²) in [4.78, 5) is 0. The molecule has 1 radical (unpaired) electrons. The van der Waals surface area contributed by atoms with E-state index in [2.05, 4.69) is 12.6 Å². The third-order valence-electron chi connectivity index (χ3n) is 2.02. The Morgan fingerprint density at radius 3 is 3.07 bits per heavy atom. The summed E-state index contributed by atoms with van der Waals surface area (Å²) in [5.74, 6) is 0.878. The van der Waals surface area contributed by atoms with E-state index in [1.165, 1.54) is 10.8 Å². The first-order valence-corrected chi connectivity index (χ1v) is 4.54. The van der Waals surface area contributed by atoms with Gasteiger partial charge in [-0.1, -0.05) is 30.9 Å². The number of hydrogen-bond donors (Lipinski definition) is 0. The third-order valence-corrected chi connectivity index (χ3v) is 2.02. The molecule has 0 aliphatic rings. The number of hydrogen-bond acceptors (Lipinski definition) is 1. The van der Waals surface area contributed by atoms with Gasteiger partial charge in [-0.3, -0.25) is 0 Å². The lowest BCUT2D eigenvalue weighted by atomic mass is 10.1. The molecule has 0 aromatic heterocycles. The lowest BCUT2D eigenvalue weighted by Gasteiger charge is -2.04. The van der Waals surface area contributed by atoms with Crippen LogP contribution in [0.15, 0.2) is 49.1 Å². The minimum absolute atomic E-state index is 0.546. The van der Waals surface area contributed by atoms with Gasteiger partial charge in [0.25, 0.3) is 0 Å². The maximum atomic E-state index is 5.43. The van der Waals surface area contributed by atoms with Gasteiger partial charge in [0.15, 0.2) is 0 Å². The second-order valence-electron chi connectivity index (χ2n) is 3.03. The number of fused-ring (bicyclic) bond motifs is 1. The fourth-order valence-corrected chi connectivity index (χ4v) is 1.35. The summed E-state index contributed by atoms with van der Waals surface area (Å²) in [6.07, 6.45) is 1.74. The van der Waals surface area contributed by atoms with Gasteiger partial charge in [0.2, 0.25) is 0 Å². The molecule has 0 N–H and O–H groups in total. The van der Waals surface area contributed by atoms with Crippen LogP contribution in [0.4, 0.5) is 0 Å². The molecule has 1 heteroatoms. The predicted molar refractivity (Wildman–Crippen MR) is 58.5 cm³/mol. The summed E-state index contributed by atoms with van der Waals surface area (Å²) < 4.78 is 5.43. The molecule has 2 rings (SSSR count). The highest BCUT2D eigenvalue weighted by molar-refractivity contribution is 5.83. The van der Waals surface area contributed by atoms with Gasteiger partial charge >= 0.3 is 0 Å². The fraction of sp³-hybridized carbons (Fsp3) is 0.0769. The average Bonchev–Trinajstić information content (AvgIpc) is 2.26. The van der Waals surface area contributed by atoms with Gasteiger partial charge in [0.05, 0.1) is 0 Å². The SMILES string of the molecule is C=CCOc1ccc2c[c]ccc2c1. The van der Waals surface area contributed by atoms with Crippen molar-refractivity contribution < 1.29 is 4.74 Å². The van der Waals surface area contributed by atoms with E-state index >= 15 is 0 Å². The molecule has 0 unspecified atom stereocenters. The molecule has 1 nitrogen and oxygen atoms in total. The van der Waals surface area contributed by atoms with Crippen molar-refractivity contribution in [3.63, 3.8) is 0 Å². The first-order chi connectivity index (χ1) is 6.90. The van der Waals surface area contributed by atoms with Crippen molar-refractivity contribution in [2.24, 2.45) is 0 Å². The van der Waals surface area contributed by atoms with Crippen molar-refractivity contribution in [3.8, 4) is 5.75 Å². The van der Waals surface area contributed by atoms with Crippen LogP contribution in [0.1, 0.15) is 0 Å². The van der Waals surface area contributed by atoms with Crippen LogP contribution < -0.4 is 4.74 Å². The minimum Gasteiger partial charge on any atom is -0.490 e. The smallest absolute Gasteiger partial charge is 0.120 e. The lowest BCUT2D eigenvalue weighted by molar-refractivity contribution is 0.364. The first-order valence-electron chi connectivity index (χ1n) is 4.54. The van der Waals surface area contributed by atoms with Crippen LogP contribution in [0.25, 0.3) is 10.8 Å². The molecule has 0 spiro atoms. The third kappa shape index (κ3) is 1.77. The van der Waals surface area contributed by atoms with Gasteiger partial charge in [-0.05, 0) is 35.0 Å². The fourth-order valence-electron chi connectivity index (χ4n) is 1.35. The van der Waals surface area contributed by atoms with Gasteiger partial charge in [-0.25, -0.2) is 0 Å². The van der Waals surface area contributed by atoms with E-state index in [9.17, 15) is 0 Å². The van der Waals surface area contributed by atoms with E-state index in [0.29, 0.717) is 6.61 Å². The van der Waals surface area contributed by atoms with E-state index < -0.39 is 0 Å². The van der Waals surface area contributed by atoms with E-state index in [0.717, 1.165) is 5.75 Å². The molecule has 69 valence electrons. The number of rotatable bonds is 3. The summed E-state index contributed by atoms with van der Waals surface area (Å²) in [6.45, 7) is 4.15. The Hall–Kier alpha value is -1.76. The van der Waals surface area contributed by atoms with Crippen molar-refractivity contribution in [3.05, 3.63) is 55.1 Å². The summed E-state index contributed by atoms with van der Waals surface area (Å²) >= 11 is 0. The summed E-state index contributed by atoms with van der Waals surface area (Å²) in [7, 11) is 0. The Morgan fingerprint density at radius 2 is 2.21 bits per heavy atom. The van der Waals surface area contributed by atoms with E-state index in [1.54, 1.807) is 6.08 Å². The molecule has 0 saturated carbocycles. The highest BCUT2D eigenvalue weighted by atomic mass is 16.5. The Balaban J connectivity index is 2.36. The van der Waals surface area contributed by atoms with Crippen molar-refractivity contribution >= 4 is 10.8 Å². The number of benzene rings is 2. The summed E-state index contributed by atoms with van der Waals surface area (Å²) in [5, 5.41) is 2.35. The quantitative estimate of drug-likeness (QED) is 0.664. The van der Waals surface area contributed by atoms with Crippen LogP contribution in [0.5, 0.6) is 5.75 Å². The van der Waals surface area contributed by atoms with Gasteiger partial charge in [0, 0.05) is 0 Å². The van der Waals surface area contributed by atoms with Crippen LogP contribution in [0.3, 0.4) is 0 Å². The van der Waals surface area contributed by atoms with Crippen LogP contribution in [0.2, 0.25) is 0 Å². The van der Waals surface area contributed by atoms with Crippen molar-refractivity contribution in [1.82, 2.24) is 0 Å². The molecule has 0 saturated heterocycles. The predicted octanol–water partition coefficient (Wildman–Crippen LogP) is 3.20. The van der Waals surface area contributed by atoms with Crippen molar-refractivity contribution in [2.45, 2.75) is 0 Å². The second kappa shape index (κ2) is 3.97. The Morgan fingerprint density at radius 1 is 1.29 bits per heavy atom. The molecule has 0 amide bonds. The van der Waals surface area contributed by atoms with Gasteiger partial charge < -0.3 is 4.74 Å². The maximum absolute atomic E-state index is 5.43. The van der Waals surface area contributed by atoms with Crippen molar-refractivity contribution in [2.75, 3.05) is 6.61 Å². The Labute approximate surface area is 83.6 Å². The zero-order valence-corrected chi connectivity index (χ0v) is 7.86. The van der Waals surface area contributed by atoms with Crippen LogP contribution >= 0.6 is 0 Å². The first kappa shape index (κ1) is 8.82. The molecule has 0 aliphatic heterocycles. The van der Waals surface area contributed by atoms with Crippen LogP contribution in [-0.2, 0) is 0 Å². The molecule has 2 aromatic rings. The molecular formula is C13H11O. The minimum atomic E-state index is 0.546. The monoisotopic (exact) mass is 183 g/mol. The Bertz CT molecular complexity index is 446. The highest BCUT2D eigenvalue weighted by Crippen LogP contribution is 2.20. The molecule has 2 aromatic carbocycles. The van der Waals surface area contributed by atoms with Gasteiger partial charge in [-0.2, -0.15) is 0 Å².